The molecule has 0 aromatic carbocycles. The average molecular weight is 398 g/mol. The van der Waals surface area contributed by atoms with Crippen LogP contribution >= 0.6 is 11.3 Å². The fraction of sp³-hybridized carbons (Fsp3) is 0.400. The van der Waals surface area contributed by atoms with Crippen LogP contribution in [-0.2, 0) is 11.3 Å². The molecular weight excluding hydrogens is 374 g/mol. The zero-order valence-corrected chi connectivity index (χ0v) is 16.8. The van der Waals surface area contributed by atoms with E-state index in [-0.39, 0.29) is 17.7 Å². The normalized spacial score (nSPS) is 16.6. The number of amides is 2. The Morgan fingerprint density at radius 1 is 1.39 bits per heavy atom. The summed E-state index contributed by atoms with van der Waals surface area (Å²) in [7, 11) is 0. The number of thiophene rings is 1. The van der Waals surface area contributed by atoms with Crippen LogP contribution in [0.15, 0.2) is 29.8 Å². The monoisotopic (exact) mass is 397 g/mol. The third-order valence-electron chi connectivity index (χ3n) is 5.07. The van der Waals surface area contributed by atoms with Crippen molar-refractivity contribution >= 4 is 34.2 Å². The summed E-state index contributed by atoms with van der Waals surface area (Å²) in [6, 6.07) is 5.90. The number of hydrogen-bond donors (Lipinski definition) is 1. The van der Waals surface area contributed by atoms with Gasteiger partial charge in [0.05, 0.1) is 17.8 Å². The lowest BCUT2D eigenvalue weighted by molar-refractivity contribution is -0.118. The summed E-state index contributed by atoms with van der Waals surface area (Å²) in [5.74, 6) is 0.232. The second-order valence-corrected chi connectivity index (χ2v) is 8.26. The van der Waals surface area contributed by atoms with E-state index in [4.69, 9.17) is 5.10 Å². The van der Waals surface area contributed by atoms with Gasteiger partial charge in [-0.05, 0) is 31.5 Å². The van der Waals surface area contributed by atoms with Crippen molar-refractivity contribution in [3.05, 3.63) is 45.9 Å². The molecule has 3 aromatic rings. The zero-order valence-electron chi connectivity index (χ0n) is 16.0. The highest BCUT2D eigenvalue weighted by Gasteiger charge is 2.31. The van der Waals surface area contributed by atoms with Crippen molar-refractivity contribution in [1.82, 2.24) is 25.0 Å². The number of nitrogens with zero attached hydrogens (tertiary/aromatic N) is 4. The molecule has 1 atom stereocenters. The molecule has 0 saturated carbocycles. The molecule has 28 heavy (non-hydrogen) atoms. The van der Waals surface area contributed by atoms with Crippen molar-refractivity contribution in [3.63, 3.8) is 0 Å². The highest BCUT2D eigenvalue weighted by Crippen LogP contribution is 2.32. The van der Waals surface area contributed by atoms with Crippen LogP contribution in [0.1, 0.15) is 40.2 Å². The maximum Gasteiger partial charge on any atom is 0.254 e. The SMILES string of the molecule is CC(=O)NCCn1nc([C@@H]2CCN(C(=O)c3csc(C)c3)C2)c2cccnc21. The number of likely N-dealkylation sites (tertiary alicyclic amines) is 1. The molecular formula is C20H23N5O2S. The van der Waals surface area contributed by atoms with Crippen molar-refractivity contribution in [2.45, 2.75) is 32.7 Å². The van der Waals surface area contributed by atoms with Gasteiger partial charge in [-0.1, -0.05) is 0 Å². The molecule has 146 valence electrons. The van der Waals surface area contributed by atoms with Crippen molar-refractivity contribution in [2.75, 3.05) is 19.6 Å². The second-order valence-electron chi connectivity index (χ2n) is 7.15. The van der Waals surface area contributed by atoms with Crippen LogP contribution in [-0.4, -0.2) is 51.1 Å². The van der Waals surface area contributed by atoms with E-state index in [2.05, 4.69) is 10.3 Å². The zero-order chi connectivity index (χ0) is 19.7. The molecule has 8 heteroatoms. The van der Waals surface area contributed by atoms with E-state index in [1.807, 2.05) is 40.1 Å². The summed E-state index contributed by atoms with van der Waals surface area (Å²) < 4.78 is 1.85. The molecule has 1 N–H and O–H groups in total. The largest absolute Gasteiger partial charge is 0.354 e. The van der Waals surface area contributed by atoms with Gasteiger partial charge in [0, 0.05) is 54.3 Å². The van der Waals surface area contributed by atoms with Crippen LogP contribution in [0.4, 0.5) is 0 Å². The van der Waals surface area contributed by atoms with E-state index in [1.165, 1.54) is 6.92 Å². The van der Waals surface area contributed by atoms with Crippen molar-refractivity contribution in [3.8, 4) is 0 Å². The maximum atomic E-state index is 12.8. The lowest BCUT2D eigenvalue weighted by atomic mass is 10.0. The van der Waals surface area contributed by atoms with Crippen LogP contribution in [0.2, 0.25) is 0 Å². The van der Waals surface area contributed by atoms with Gasteiger partial charge < -0.3 is 10.2 Å². The van der Waals surface area contributed by atoms with Crippen LogP contribution < -0.4 is 5.32 Å². The first kappa shape index (κ1) is 18.6. The van der Waals surface area contributed by atoms with Crippen LogP contribution in [0.25, 0.3) is 11.0 Å². The van der Waals surface area contributed by atoms with E-state index < -0.39 is 0 Å². The molecule has 4 rings (SSSR count). The Morgan fingerprint density at radius 3 is 3.00 bits per heavy atom. The summed E-state index contributed by atoms with van der Waals surface area (Å²) in [6.45, 7) is 6.00. The minimum atomic E-state index is -0.0572. The van der Waals surface area contributed by atoms with Gasteiger partial charge in [-0.2, -0.15) is 5.10 Å². The number of fused-ring (bicyclic) bond motifs is 1. The lowest BCUT2D eigenvalue weighted by Gasteiger charge is -2.15. The molecule has 2 amide bonds. The van der Waals surface area contributed by atoms with E-state index in [9.17, 15) is 9.59 Å². The van der Waals surface area contributed by atoms with Gasteiger partial charge in [0.15, 0.2) is 5.65 Å². The third kappa shape index (κ3) is 3.64. The second kappa shape index (κ2) is 7.71. The van der Waals surface area contributed by atoms with Gasteiger partial charge in [0.25, 0.3) is 5.91 Å². The molecule has 1 aliphatic heterocycles. The van der Waals surface area contributed by atoms with Crippen molar-refractivity contribution < 1.29 is 9.59 Å². The van der Waals surface area contributed by atoms with Crippen LogP contribution in [0.3, 0.4) is 0 Å². The Hall–Kier alpha value is -2.74. The highest BCUT2D eigenvalue weighted by molar-refractivity contribution is 7.10. The van der Waals surface area contributed by atoms with Crippen LogP contribution in [0.5, 0.6) is 0 Å². The predicted molar refractivity (Wildman–Crippen MR) is 109 cm³/mol. The number of aryl methyl sites for hydroxylation is 1. The Kier molecular flexibility index (Phi) is 5.13. The molecule has 0 aliphatic carbocycles. The number of nitrogens with one attached hydrogen (secondary N) is 1. The van der Waals surface area contributed by atoms with E-state index in [1.54, 1.807) is 17.5 Å². The Balaban J connectivity index is 1.54. The predicted octanol–water partition coefficient (Wildman–Crippen LogP) is 2.57. The molecule has 0 unspecified atom stereocenters. The minimum Gasteiger partial charge on any atom is -0.354 e. The topological polar surface area (TPSA) is 80.1 Å². The molecule has 1 fully saturated rings. The summed E-state index contributed by atoms with van der Waals surface area (Å²) >= 11 is 1.60. The number of carbonyl (C=O) groups excluding carboxylic acids is 2. The van der Waals surface area contributed by atoms with Crippen molar-refractivity contribution in [2.24, 2.45) is 0 Å². The van der Waals surface area contributed by atoms with E-state index in [0.29, 0.717) is 19.6 Å². The molecule has 0 radical (unpaired) electrons. The standard InChI is InChI=1S/C20H23N5O2S/c1-13-10-16(12-28-13)20(27)24-8-5-15(11-24)18-17-4-3-6-22-19(17)25(23-18)9-7-21-14(2)26/h3-4,6,10,12,15H,5,7-9,11H2,1-2H3,(H,21,26)/t15-/m1/s1. The first-order valence-corrected chi connectivity index (χ1v) is 10.3. The maximum absolute atomic E-state index is 12.8. The Bertz CT molecular complexity index is 1020. The smallest absolute Gasteiger partial charge is 0.254 e. The van der Waals surface area contributed by atoms with Crippen molar-refractivity contribution in [1.29, 1.82) is 0 Å². The lowest BCUT2D eigenvalue weighted by Crippen LogP contribution is -2.28. The Labute approximate surface area is 167 Å². The van der Waals surface area contributed by atoms with Crippen LogP contribution in [0, 0.1) is 6.92 Å². The number of aromatic nitrogens is 3. The summed E-state index contributed by atoms with van der Waals surface area (Å²) in [5, 5.41) is 10.6. The molecule has 1 saturated heterocycles. The molecule has 0 bridgehead atoms. The van der Waals surface area contributed by atoms with Gasteiger partial charge in [-0.15, -0.1) is 11.3 Å². The fourth-order valence-electron chi connectivity index (χ4n) is 3.74. The van der Waals surface area contributed by atoms with Gasteiger partial charge in [0.2, 0.25) is 5.91 Å². The number of carbonyl (C=O) groups is 2. The molecule has 4 heterocycles. The van der Waals surface area contributed by atoms with Gasteiger partial charge in [-0.3, -0.25) is 9.59 Å². The number of rotatable bonds is 5. The Morgan fingerprint density at radius 2 is 2.25 bits per heavy atom. The third-order valence-corrected chi connectivity index (χ3v) is 5.93. The van der Waals surface area contributed by atoms with Gasteiger partial charge >= 0.3 is 0 Å². The summed E-state index contributed by atoms with van der Waals surface area (Å²) in [5.41, 5.74) is 2.58. The summed E-state index contributed by atoms with van der Waals surface area (Å²) in [4.78, 5) is 31.5. The first-order chi connectivity index (χ1) is 13.5. The molecule has 0 spiro atoms. The van der Waals surface area contributed by atoms with E-state index >= 15 is 0 Å². The quantitative estimate of drug-likeness (QED) is 0.718. The highest BCUT2D eigenvalue weighted by atomic mass is 32.1. The van der Waals surface area contributed by atoms with E-state index in [0.717, 1.165) is 40.1 Å². The molecule has 7 nitrogen and oxygen atoms in total. The minimum absolute atomic E-state index is 0.0572. The molecule has 1 aliphatic rings. The summed E-state index contributed by atoms with van der Waals surface area (Å²) in [6.07, 6.45) is 2.65. The van der Waals surface area contributed by atoms with Gasteiger partial charge in [0.1, 0.15) is 0 Å². The number of pyridine rings is 1. The fourth-order valence-corrected chi connectivity index (χ4v) is 4.41. The first-order valence-electron chi connectivity index (χ1n) is 9.43. The van der Waals surface area contributed by atoms with Gasteiger partial charge in [-0.25, -0.2) is 9.67 Å². The molecule has 3 aromatic heterocycles. The average Bonchev–Trinajstić information content (AvgIpc) is 3.39. The number of hydrogen-bond acceptors (Lipinski definition) is 5.